The van der Waals surface area contributed by atoms with Crippen molar-refractivity contribution in [1.29, 1.82) is 0 Å². The van der Waals surface area contributed by atoms with E-state index in [-0.39, 0.29) is 76.2 Å². The molecule has 298 valence electrons. The molecule has 1 heterocycles. The first-order valence-corrected chi connectivity index (χ1v) is 18.8. The summed E-state index contributed by atoms with van der Waals surface area (Å²) in [7, 11) is 0. The van der Waals surface area contributed by atoms with Gasteiger partial charge in [0.05, 0.1) is 31.9 Å². The first-order chi connectivity index (χ1) is 27.1. The maximum Gasteiger partial charge on any atom is 0.226 e. The summed E-state index contributed by atoms with van der Waals surface area (Å²) in [6.07, 6.45) is 0.581. The van der Waals surface area contributed by atoms with Crippen molar-refractivity contribution < 1.29 is 41.8 Å². The highest BCUT2D eigenvalue weighted by molar-refractivity contribution is 5.88. The number of nitrogens with zero attached hydrogens (tertiary/aromatic N) is 3. The Kier molecular flexibility index (Phi) is 17.9. The molecule has 0 unspecified atom stereocenters. The van der Waals surface area contributed by atoms with Gasteiger partial charge in [0.2, 0.25) is 11.9 Å². The maximum atomic E-state index is 15.8. The van der Waals surface area contributed by atoms with Gasteiger partial charge in [-0.25, -0.2) is 13.8 Å². The number of Topliss-reactive ketones (excluding diaryl/α,β-unsaturated/α-hetero) is 2. The number of amides is 1. The molecule has 0 bridgehead atoms. The van der Waals surface area contributed by atoms with E-state index in [4.69, 9.17) is 14.2 Å². The fraction of sp³-hybridized carbons (Fsp3) is 0.364. The molecular weight excluding hydrogens is 723 g/mol. The average molecular weight is 774 g/mol. The lowest BCUT2D eigenvalue weighted by Gasteiger charge is -2.31. The largest absolute Gasteiger partial charge is 0.489 e. The van der Waals surface area contributed by atoms with E-state index in [1.54, 1.807) is 24.8 Å². The van der Waals surface area contributed by atoms with E-state index in [9.17, 15) is 18.8 Å². The molecule has 0 saturated carbocycles. The van der Waals surface area contributed by atoms with Gasteiger partial charge in [0.15, 0.2) is 6.29 Å². The zero-order valence-corrected chi connectivity index (χ0v) is 32.0. The fourth-order valence-corrected chi connectivity index (χ4v) is 6.24. The Morgan fingerprint density at radius 3 is 2.05 bits per heavy atom. The zero-order chi connectivity index (χ0) is 40.3. The van der Waals surface area contributed by atoms with Crippen LogP contribution in [-0.2, 0) is 49.9 Å². The Morgan fingerprint density at radius 1 is 0.821 bits per heavy atom. The van der Waals surface area contributed by atoms with Crippen molar-refractivity contribution in [3.63, 3.8) is 0 Å². The minimum Gasteiger partial charge on any atom is -0.489 e. The molecule has 0 spiro atoms. The number of halogens is 3. The normalized spacial score (nSPS) is 11.8. The lowest BCUT2D eigenvalue weighted by atomic mass is 9.91. The standard InChI is InChI=1S/C44H50F3N3O6/c1-4-22-49(28-36(51)21-20-32-14-9-7-10-15-32)29-37(52)23-34(24-39-40(45)25-38(26-41(39)46)56-31-33-16-11-8-12-17-33)44(53)50(30-43(54-5-2)55-6-3)27-35-18-13-19-42(47)48-35/h4,7-19,25-26,34,43H,1,5-6,20-24,27-31H2,2-3H3/t34-/m0/s1. The number of aromatic nitrogens is 1. The number of carbonyl (C=O) groups excluding carboxylic acids is 3. The van der Waals surface area contributed by atoms with Gasteiger partial charge in [-0.1, -0.05) is 72.8 Å². The SMILES string of the molecule is C=CCN(CC(=O)CCc1ccccc1)CC(=O)C[C@@H](Cc1c(F)cc(OCc2ccccc2)cc1F)C(=O)N(Cc1cccc(F)n1)CC(OCC)OCC. The summed E-state index contributed by atoms with van der Waals surface area (Å²) in [5, 5.41) is 0. The zero-order valence-electron chi connectivity index (χ0n) is 32.0. The van der Waals surface area contributed by atoms with Gasteiger partial charge in [-0.2, -0.15) is 4.39 Å². The van der Waals surface area contributed by atoms with Gasteiger partial charge in [0.1, 0.15) is 35.6 Å². The van der Waals surface area contributed by atoms with Crippen LogP contribution >= 0.6 is 0 Å². The van der Waals surface area contributed by atoms with Crippen molar-refractivity contribution in [3.05, 3.63) is 144 Å². The molecular formula is C44H50F3N3O6. The minimum absolute atomic E-state index is 0.0291. The molecule has 0 saturated heterocycles. The van der Waals surface area contributed by atoms with Crippen LogP contribution in [0.25, 0.3) is 0 Å². The monoisotopic (exact) mass is 773 g/mol. The van der Waals surface area contributed by atoms with Gasteiger partial charge in [-0.05, 0) is 49.9 Å². The number of hydrogen-bond donors (Lipinski definition) is 0. The van der Waals surface area contributed by atoms with Gasteiger partial charge in [-0.15, -0.1) is 6.58 Å². The summed E-state index contributed by atoms with van der Waals surface area (Å²) in [4.78, 5) is 48.2. The van der Waals surface area contributed by atoms with Crippen molar-refractivity contribution in [2.75, 3.05) is 39.4 Å². The molecule has 56 heavy (non-hydrogen) atoms. The van der Waals surface area contributed by atoms with Crippen LogP contribution < -0.4 is 4.74 Å². The predicted molar refractivity (Wildman–Crippen MR) is 207 cm³/mol. The molecule has 0 N–H and O–H groups in total. The smallest absolute Gasteiger partial charge is 0.226 e. The number of ketones is 2. The second kappa shape index (κ2) is 23.0. The molecule has 0 aliphatic rings. The molecule has 4 rings (SSSR count). The summed E-state index contributed by atoms with van der Waals surface area (Å²) in [5.41, 5.74) is 1.61. The van der Waals surface area contributed by atoms with E-state index in [0.29, 0.717) is 6.42 Å². The first-order valence-electron chi connectivity index (χ1n) is 18.8. The molecule has 1 atom stereocenters. The third-order valence-corrected chi connectivity index (χ3v) is 8.87. The van der Waals surface area contributed by atoms with E-state index in [2.05, 4.69) is 11.6 Å². The third kappa shape index (κ3) is 14.5. The summed E-state index contributed by atoms with van der Waals surface area (Å²) in [6.45, 7) is 7.50. The molecule has 0 radical (unpaired) electrons. The van der Waals surface area contributed by atoms with Crippen molar-refractivity contribution >= 4 is 17.5 Å². The van der Waals surface area contributed by atoms with Gasteiger partial charge >= 0.3 is 0 Å². The molecule has 0 aliphatic carbocycles. The molecule has 3 aromatic carbocycles. The lowest BCUT2D eigenvalue weighted by molar-refractivity contribution is -0.162. The third-order valence-electron chi connectivity index (χ3n) is 8.87. The van der Waals surface area contributed by atoms with Crippen LogP contribution in [0.4, 0.5) is 13.2 Å². The van der Waals surface area contributed by atoms with E-state index in [1.807, 2.05) is 60.7 Å². The summed E-state index contributed by atoms with van der Waals surface area (Å²) < 4.78 is 62.8. The van der Waals surface area contributed by atoms with E-state index >= 15 is 8.78 Å². The van der Waals surface area contributed by atoms with Crippen molar-refractivity contribution in [1.82, 2.24) is 14.8 Å². The Labute approximate surface area is 327 Å². The van der Waals surface area contributed by atoms with Crippen LogP contribution in [0.3, 0.4) is 0 Å². The summed E-state index contributed by atoms with van der Waals surface area (Å²) in [6, 6.07) is 24.9. The Hall–Kier alpha value is -5.17. The van der Waals surface area contributed by atoms with Crippen LogP contribution in [0.1, 0.15) is 49.1 Å². The van der Waals surface area contributed by atoms with Crippen LogP contribution in [0.15, 0.2) is 104 Å². The number of ether oxygens (including phenoxy) is 3. The number of aryl methyl sites for hydroxylation is 1. The van der Waals surface area contributed by atoms with E-state index in [0.717, 1.165) is 23.3 Å². The van der Waals surface area contributed by atoms with E-state index < -0.39 is 59.9 Å². The Bertz CT molecular complexity index is 1830. The number of hydrogen-bond acceptors (Lipinski definition) is 8. The number of carbonyl (C=O) groups is 3. The highest BCUT2D eigenvalue weighted by Gasteiger charge is 2.32. The maximum absolute atomic E-state index is 15.8. The predicted octanol–water partition coefficient (Wildman–Crippen LogP) is 7.31. The average Bonchev–Trinajstić information content (AvgIpc) is 3.18. The number of pyridine rings is 1. The second-order valence-corrected chi connectivity index (χ2v) is 13.3. The van der Waals surface area contributed by atoms with Gasteiger partial charge in [0, 0.05) is 56.2 Å². The molecule has 4 aromatic rings. The van der Waals surface area contributed by atoms with E-state index in [1.165, 1.54) is 23.1 Å². The van der Waals surface area contributed by atoms with Crippen molar-refractivity contribution in [3.8, 4) is 5.75 Å². The molecule has 9 nitrogen and oxygen atoms in total. The van der Waals surface area contributed by atoms with Crippen molar-refractivity contribution in [2.24, 2.45) is 5.92 Å². The topological polar surface area (TPSA) is 98.3 Å². The lowest BCUT2D eigenvalue weighted by Crippen LogP contribution is -2.44. The fourth-order valence-electron chi connectivity index (χ4n) is 6.24. The van der Waals surface area contributed by atoms with Gasteiger partial charge < -0.3 is 19.1 Å². The quantitative estimate of drug-likeness (QED) is 0.0393. The van der Waals surface area contributed by atoms with Crippen LogP contribution in [0, 0.1) is 23.5 Å². The van der Waals surface area contributed by atoms with Crippen LogP contribution in [-0.4, -0.2) is 77.9 Å². The van der Waals surface area contributed by atoms with Gasteiger partial charge in [0.25, 0.3) is 0 Å². The summed E-state index contributed by atoms with van der Waals surface area (Å²) in [5.74, 6) is -5.14. The molecule has 1 aromatic heterocycles. The highest BCUT2D eigenvalue weighted by Crippen LogP contribution is 2.27. The first kappa shape index (κ1) is 43.6. The number of benzene rings is 3. The van der Waals surface area contributed by atoms with Crippen molar-refractivity contribution in [2.45, 2.75) is 59.0 Å². The Morgan fingerprint density at radius 2 is 1.45 bits per heavy atom. The molecule has 0 fully saturated rings. The second-order valence-electron chi connectivity index (χ2n) is 13.3. The molecule has 12 heteroatoms. The molecule has 0 aliphatic heterocycles. The Balaban J connectivity index is 1.60. The molecule has 1 amide bonds. The van der Waals surface area contributed by atoms with Crippen LogP contribution in [0.5, 0.6) is 5.75 Å². The van der Waals surface area contributed by atoms with Gasteiger partial charge in [-0.3, -0.25) is 19.3 Å². The summed E-state index contributed by atoms with van der Waals surface area (Å²) >= 11 is 0. The minimum atomic E-state index is -1.28. The highest BCUT2D eigenvalue weighted by atomic mass is 19.1. The van der Waals surface area contributed by atoms with Crippen LogP contribution in [0.2, 0.25) is 0 Å². The number of rotatable bonds is 25.